The molecule has 0 aliphatic heterocycles. The molecule has 4 rings (SSSR count). The van der Waals surface area contributed by atoms with Gasteiger partial charge >= 0.3 is 6.09 Å². The lowest BCUT2D eigenvalue weighted by Gasteiger charge is -2.28. The van der Waals surface area contributed by atoms with E-state index in [1.165, 1.54) is 11.3 Å². The van der Waals surface area contributed by atoms with Gasteiger partial charge in [0, 0.05) is 40.2 Å². The van der Waals surface area contributed by atoms with Crippen LogP contribution in [0.4, 0.5) is 4.79 Å². The molecule has 0 saturated heterocycles. The first kappa shape index (κ1) is 30.4. The van der Waals surface area contributed by atoms with Crippen LogP contribution in [0.5, 0.6) is 0 Å². The summed E-state index contributed by atoms with van der Waals surface area (Å²) in [5, 5.41) is 18.1. The molecule has 0 radical (unpaired) electrons. The summed E-state index contributed by atoms with van der Waals surface area (Å²) >= 11 is 1.51. The number of hydrogen-bond donors (Lipinski definition) is 5. The Morgan fingerprint density at radius 3 is 2.52 bits per heavy atom. The highest BCUT2D eigenvalue weighted by Crippen LogP contribution is 2.40. The number of carbonyl (C=O) groups is 1. The summed E-state index contributed by atoms with van der Waals surface area (Å²) < 4.78 is 35.1. The van der Waals surface area contributed by atoms with E-state index < -0.39 is 21.8 Å². The van der Waals surface area contributed by atoms with Gasteiger partial charge in [-0.3, -0.25) is 5.32 Å². The predicted molar refractivity (Wildman–Crippen MR) is 158 cm³/mol. The molecule has 5 N–H and O–H groups in total. The maximum Gasteiger partial charge on any atom is 0.407 e. The molecule has 0 bridgehead atoms. The van der Waals surface area contributed by atoms with Crippen molar-refractivity contribution in [2.45, 2.75) is 102 Å². The van der Waals surface area contributed by atoms with E-state index >= 15 is 0 Å². The molecule has 1 aromatic carbocycles. The first-order chi connectivity index (χ1) is 18.8. The Hall–Kier alpha value is -2.51. The molecule has 12 heteroatoms. The Morgan fingerprint density at radius 2 is 1.90 bits per heavy atom. The normalized spacial score (nSPS) is 19.2. The Bertz CT molecular complexity index is 1430. The molecule has 1 aliphatic carbocycles. The van der Waals surface area contributed by atoms with Crippen LogP contribution in [-0.4, -0.2) is 53.8 Å². The molecule has 10 nitrogen and oxygen atoms in total. The predicted octanol–water partition coefficient (Wildman–Crippen LogP) is 5.13. The standard InChI is InChI=1S/C28H41N5O5S2/c1-7-29-25(34)22-13-18-12-20(24(14-21(18)32-22)40(36,37)33-28(4,5)6)23-15-30-26(39-23)17-8-10-19(11-9-17)31-27(35)38-16(2)3/h12-17,19,25,29,32-34H,7-11H2,1-6H3,(H,31,35). The van der Waals surface area contributed by atoms with Crippen LogP contribution >= 0.6 is 11.3 Å². The third-order valence-electron chi connectivity index (χ3n) is 6.69. The Kier molecular flexibility index (Phi) is 9.25. The average molecular weight is 592 g/mol. The number of amides is 1. The number of aromatic amines is 1. The van der Waals surface area contributed by atoms with Crippen molar-refractivity contribution in [3.8, 4) is 10.4 Å². The number of benzene rings is 1. The lowest BCUT2D eigenvalue weighted by atomic mass is 9.86. The lowest BCUT2D eigenvalue weighted by molar-refractivity contribution is 0.109. The van der Waals surface area contributed by atoms with E-state index in [1.54, 1.807) is 33.0 Å². The summed E-state index contributed by atoms with van der Waals surface area (Å²) in [6, 6.07) is 5.39. The van der Waals surface area contributed by atoms with E-state index in [2.05, 4.69) is 20.3 Å². The van der Waals surface area contributed by atoms with Gasteiger partial charge in [-0.15, -0.1) is 11.3 Å². The van der Waals surface area contributed by atoms with Gasteiger partial charge in [-0.1, -0.05) is 6.92 Å². The van der Waals surface area contributed by atoms with E-state index in [1.807, 2.05) is 32.9 Å². The number of alkyl carbamates (subject to hydrolysis) is 1. The molecule has 1 aliphatic rings. The number of hydrogen-bond acceptors (Lipinski definition) is 8. The lowest BCUT2D eigenvalue weighted by Crippen LogP contribution is -2.40. The van der Waals surface area contributed by atoms with Crippen LogP contribution in [0.15, 0.2) is 29.3 Å². The van der Waals surface area contributed by atoms with Crippen LogP contribution in [0.2, 0.25) is 0 Å². The minimum absolute atomic E-state index is 0.0740. The van der Waals surface area contributed by atoms with Crippen molar-refractivity contribution in [1.29, 1.82) is 0 Å². The monoisotopic (exact) mass is 591 g/mol. The summed E-state index contributed by atoms with van der Waals surface area (Å²) in [4.78, 5) is 20.8. The molecule has 1 unspecified atom stereocenters. The number of H-pyrrole nitrogens is 1. The third-order valence-corrected chi connectivity index (χ3v) is 9.69. The Morgan fingerprint density at radius 1 is 1.20 bits per heavy atom. The molecule has 3 aromatic rings. The fourth-order valence-electron chi connectivity index (χ4n) is 5.01. The van der Waals surface area contributed by atoms with Crippen LogP contribution in [0.25, 0.3) is 21.3 Å². The number of aliphatic hydroxyl groups is 1. The van der Waals surface area contributed by atoms with Crippen molar-refractivity contribution in [2.24, 2.45) is 0 Å². The van der Waals surface area contributed by atoms with Crippen LogP contribution < -0.4 is 15.4 Å². The summed E-state index contributed by atoms with van der Waals surface area (Å²) in [6.07, 6.45) is 3.73. The summed E-state index contributed by atoms with van der Waals surface area (Å²) in [7, 11) is -3.87. The largest absolute Gasteiger partial charge is 0.447 e. The number of sulfonamides is 1. The number of ether oxygens (including phenoxy) is 1. The number of thiazole rings is 1. The zero-order valence-corrected chi connectivity index (χ0v) is 25.6. The maximum absolute atomic E-state index is 13.6. The van der Waals surface area contributed by atoms with E-state index in [0.717, 1.165) is 41.0 Å². The van der Waals surface area contributed by atoms with Crippen LogP contribution in [0.3, 0.4) is 0 Å². The van der Waals surface area contributed by atoms with Crippen LogP contribution in [-0.2, 0) is 14.8 Å². The highest BCUT2D eigenvalue weighted by Gasteiger charge is 2.29. The van der Waals surface area contributed by atoms with Gasteiger partial charge in [0.15, 0.2) is 0 Å². The van der Waals surface area contributed by atoms with Gasteiger partial charge in [-0.2, -0.15) is 0 Å². The zero-order chi connectivity index (χ0) is 29.2. The second kappa shape index (κ2) is 12.2. The van der Waals surface area contributed by atoms with Crippen molar-refractivity contribution in [3.63, 3.8) is 0 Å². The average Bonchev–Trinajstić information content (AvgIpc) is 3.49. The molecule has 0 spiro atoms. The van der Waals surface area contributed by atoms with Gasteiger partial charge in [0.2, 0.25) is 10.0 Å². The van der Waals surface area contributed by atoms with Crippen molar-refractivity contribution in [3.05, 3.63) is 35.1 Å². The second-order valence-electron chi connectivity index (χ2n) is 11.7. The molecule has 1 amide bonds. The number of nitrogens with zero attached hydrogens (tertiary/aromatic N) is 1. The van der Waals surface area contributed by atoms with Gasteiger partial charge in [-0.25, -0.2) is 22.9 Å². The molecular formula is C28H41N5O5S2. The van der Waals surface area contributed by atoms with E-state index in [-0.39, 0.29) is 29.1 Å². The highest BCUT2D eigenvalue weighted by molar-refractivity contribution is 7.89. The smallest absolute Gasteiger partial charge is 0.407 e. The highest BCUT2D eigenvalue weighted by atomic mass is 32.2. The van der Waals surface area contributed by atoms with Gasteiger partial charge in [0.05, 0.1) is 26.6 Å². The number of aliphatic hydroxyl groups excluding tert-OH is 1. The molecule has 220 valence electrons. The first-order valence-electron chi connectivity index (χ1n) is 13.8. The van der Waals surface area contributed by atoms with Gasteiger partial charge in [0.1, 0.15) is 6.23 Å². The van der Waals surface area contributed by atoms with Crippen molar-refractivity contribution in [2.75, 3.05) is 6.54 Å². The van der Waals surface area contributed by atoms with E-state index in [9.17, 15) is 18.3 Å². The van der Waals surface area contributed by atoms with Crippen LogP contribution in [0.1, 0.15) is 90.1 Å². The maximum atomic E-state index is 13.6. The molecule has 1 fully saturated rings. The second-order valence-corrected chi connectivity index (χ2v) is 14.4. The summed E-state index contributed by atoms with van der Waals surface area (Å²) in [6.45, 7) is 11.6. The molecule has 40 heavy (non-hydrogen) atoms. The quantitative estimate of drug-likeness (QED) is 0.217. The van der Waals surface area contributed by atoms with Crippen molar-refractivity contribution >= 4 is 38.4 Å². The van der Waals surface area contributed by atoms with E-state index in [0.29, 0.717) is 23.3 Å². The van der Waals surface area contributed by atoms with Gasteiger partial charge < -0.3 is 20.1 Å². The molecule has 2 aromatic heterocycles. The fraction of sp³-hybridized carbons (Fsp3) is 0.571. The first-order valence-corrected chi connectivity index (χ1v) is 16.1. The topological polar surface area (TPSA) is 145 Å². The van der Waals surface area contributed by atoms with E-state index in [4.69, 9.17) is 9.72 Å². The molecule has 1 atom stereocenters. The molecule has 1 saturated carbocycles. The zero-order valence-electron chi connectivity index (χ0n) is 24.0. The van der Waals surface area contributed by atoms with Crippen molar-refractivity contribution in [1.82, 2.24) is 25.3 Å². The Labute approximate surface area is 240 Å². The number of aromatic nitrogens is 2. The Balaban J connectivity index is 1.63. The van der Waals surface area contributed by atoms with Gasteiger partial charge in [-0.05, 0) is 85.0 Å². The number of carbonyl (C=O) groups excluding carboxylic acids is 1. The summed E-state index contributed by atoms with van der Waals surface area (Å²) in [5.74, 6) is 0.239. The third kappa shape index (κ3) is 7.41. The minimum atomic E-state index is -3.87. The fourth-order valence-corrected chi connectivity index (χ4v) is 7.84. The minimum Gasteiger partial charge on any atom is -0.447 e. The molecule has 2 heterocycles. The number of nitrogens with one attached hydrogen (secondary N) is 4. The van der Waals surface area contributed by atoms with Crippen molar-refractivity contribution < 1.29 is 23.1 Å². The number of fused-ring (bicyclic) bond motifs is 1. The molecular weight excluding hydrogens is 550 g/mol. The SMILES string of the molecule is CCNC(O)c1cc2cc(-c3cnc(C4CCC(NC(=O)OC(C)C)CC4)s3)c(S(=O)(=O)NC(C)(C)C)cc2[nH]1. The summed E-state index contributed by atoms with van der Waals surface area (Å²) in [5.41, 5.74) is 1.09. The van der Waals surface area contributed by atoms with Gasteiger partial charge in [0.25, 0.3) is 0 Å². The van der Waals surface area contributed by atoms with Crippen LogP contribution in [0, 0.1) is 0 Å². The number of rotatable bonds is 9.